The standard InChI is InChI=1S/C15H10ClNO3/c1-20-13-11(16)7-4-8-12(13)17-14(18)9-5-2-3-6-10(9)15(17)19/h2-8H,1H3. The van der Waals surface area contributed by atoms with Crippen LogP contribution in [-0.4, -0.2) is 18.9 Å². The summed E-state index contributed by atoms with van der Waals surface area (Å²) in [7, 11) is 1.45. The van der Waals surface area contributed by atoms with E-state index in [9.17, 15) is 9.59 Å². The number of anilines is 1. The maximum absolute atomic E-state index is 12.4. The molecule has 0 saturated heterocycles. The van der Waals surface area contributed by atoms with Crippen molar-refractivity contribution in [2.24, 2.45) is 0 Å². The first kappa shape index (κ1) is 12.7. The number of nitrogens with zero attached hydrogens (tertiary/aromatic N) is 1. The smallest absolute Gasteiger partial charge is 0.266 e. The van der Waals surface area contributed by atoms with Gasteiger partial charge in [0.2, 0.25) is 0 Å². The van der Waals surface area contributed by atoms with Gasteiger partial charge in [-0.1, -0.05) is 29.8 Å². The zero-order valence-corrected chi connectivity index (χ0v) is 11.3. The molecule has 1 aliphatic heterocycles. The topological polar surface area (TPSA) is 46.6 Å². The molecule has 0 radical (unpaired) electrons. The predicted octanol–water partition coefficient (Wildman–Crippen LogP) is 3.15. The van der Waals surface area contributed by atoms with Crippen molar-refractivity contribution in [3.05, 3.63) is 58.6 Å². The summed E-state index contributed by atoms with van der Waals surface area (Å²) in [5, 5.41) is 0.349. The van der Waals surface area contributed by atoms with Gasteiger partial charge < -0.3 is 4.74 Å². The Balaban J connectivity index is 2.17. The molecule has 0 aromatic heterocycles. The average molecular weight is 288 g/mol. The van der Waals surface area contributed by atoms with E-state index in [2.05, 4.69) is 0 Å². The third-order valence-corrected chi connectivity index (χ3v) is 3.48. The fourth-order valence-electron chi connectivity index (χ4n) is 2.28. The van der Waals surface area contributed by atoms with E-state index in [4.69, 9.17) is 16.3 Å². The molecule has 5 heteroatoms. The van der Waals surface area contributed by atoms with Crippen molar-refractivity contribution in [3.63, 3.8) is 0 Å². The molecule has 3 rings (SSSR count). The number of hydrogen-bond acceptors (Lipinski definition) is 3. The summed E-state index contributed by atoms with van der Waals surface area (Å²) in [6, 6.07) is 11.7. The normalized spacial score (nSPS) is 13.6. The molecule has 0 spiro atoms. The second-order valence-corrected chi connectivity index (χ2v) is 4.69. The number of carbonyl (C=O) groups excluding carboxylic acids is 2. The lowest BCUT2D eigenvalue weighted by atomic mass is 10.1. The van der Waals surface area contributed by atoms with E-state index < -0.39 is 0 Å². The van der Waals surface area contributed by atoms with Crippen LogP contribution in [0, 0.1) is 0 Å². The molecule has 0 N–H and O–H groups in total. The molecule has 2 aromatic rings. The molecule has 0 fully saturated rings. The first-order valence-electron chi connectivity index (χ1n) is 5.95. The van der Waals surface area contributed by atoms with Gasteiger partial charge in [0.05, 0.1) is 28.9 Å². The van der Waals surface area contributed by atoms with Gasteiger partial charge in [-0.2, -0.15) is 0 Å². The van der Waals surface area contributed by atoms with Gasteiger partial charge in [-0.05, 0) is 24.3 Å². The number of fused-ring (bicyclic) bond motifs is 1. The Morgan fingerprint density at radius 1 is 0.950 bits per heavy atom. The molecule has 20 heavy (non-hydrogen) atoms. The van der Waals surface area contributed by atoms with Crippen LogP contribution >= 0.6 is 11.6 Å². The van der Waals surface area contributed by atoms with Crippen molar-refractivity contribution in [3.8, 4) is 5.75 Å². The summed E-state index contributed by atoms with van der Waals surface area (Å²) in [4.78, 5) is 25.9. The van der Waals surface area contributed by atoms with Crippen LogP contribution in [0.2, 0.25) is 5.02 Å². The summed E-state index contributed by atoms with van der Waals surface area (Å²) >= 11 is 6.04. The minimum atomic E-state index is -0.369. The minimum absolute atomic E-state index is 0.309. The van der Waals surface area contributed by atoms with Crippen LogP contribution in [0.1, 0.15) is 20.7 Å². The quantitative estimate of drug-likeness (QED) is 0.797. The number of benzene rings is 2. The Kier molecular flexibility index (Phi) is 2.95. The molecule has 100 valence electrons. The van der Waals surface area contributed by atoms with E-state index in [0.29, 0.717) is 27.6 Å². The zero-order valence-electron chi connectivity index (χ0n) is 10.6. The molecule has 0 saturated carbocycles. The van der Waals surface area contributed by atoms with Crippen molar-refractivity contribution in [2.75, 3.05) is 12.0 Å². The highest BCUT2D eigenvalue weighted by atomic mass is 35.5. The van der Waals surface area contributed by atoms with E-state index in [1.54, 1.807) is 42.5 Å². The summed E-state index contributed by atoms with van der Waals surface area (Å²) in [5.41, 5.74) is 1.13. The number of amides is 2. The van der Waals surface area contributed by atoms with Crippen LogP contribution in [-0.2, 0) is 0 Å². The van der Waals surface area contributed by atoms with Gasteiger partial charge >= 0.3 is 0 Å². The number of imide groups is 1. The van der Waals surface area contributed by atoms with Crippen LogP contribution < -0.4 is 9.64 Å². The fraction of sp³-hybridized carbons (Fsp3) is 0.0667. The Hall–Kier alpha value is -2.33. The van der Waals surface area contributed by atoms with Crippen molar-refractivity contribution in [1.82, 2.24) is 0 Å². The largest absolute Gasteiger partial charge is 0.493 e. The molecule has 1 heterocycles. The van der Waals surface area contributed by atoms with Crippen LogP contribution in [0.15, 0.2) is 42.5 Å². The molecular formula is C15H10ClNO3. The number of hydrogen-bond donors (Lipinski definition) is 0. The lowest BCUT2D eigenvalue weighted by Crippen LogP contribution is -2.29. The molecule has 2 aromatic carbocycles. The average Bonchev–Trinajstić information content (AvgIpc) is 2.71. The lowest BCUT2D eigenvalue weighted by molar-refractivity contribution is 0.0925. The van der Waals surface area contributed by atoms with Gasteiger partial charge in [0.25, 0.3) is 11.8 Å². The van der Waals surface area contributed by atoms with Gasteiger partial charge in [-0.15, -0.1) is 0 Å². The second-order valence-electron chi connectivity index (χ2n) is 4.28. The predicted molar refractivity (Wildman–Crippen MR) is 75.6 cm³/mol. The molecule has 0 aliphatic carbocycles. The van der Waals surface area contributed by atoms with E-state index in [-0.39, 0.29) is 11.8 Å². The van der Waals surface area contributed by atoms with Crippen molar-refractivity contribution < 1.29 is 14.3 Å². The van der Waals surface area contributed by atoms with E-state index in [1.807, 2.05) is 0 Å². The Bertz CT molecular complexity index is 692. The van der Waals surface area contributed by atoms with Crippen LogP contribution in [0.4, 0.5) is 5.69 Å². The van der Waals surface area contributed by atoms with Gasteiger partial charge in [0.1, 0.15) is 0 Å². The summed E-state index contributed by atoms with van der Waals surface area (Å²) < 4.78 is 5.21. The van der Waals surface area contributed by atoms with Crippen LogP contribution in [0.5, 0.6) is 5.75 Å². The first-order chi connectivity index (χ1) is 9.65. The van der Waals surface area contributed by atoms with Crippen molar-refractivity contribution >= 4 is 29.1 Å². The maximum atomic E-state index is 12.4. The van der Waals surface area contributed by atoms with Crippen LogP contribution in [0.25, 0.3) is 0 Å². The third-order valence-electron chi connectivity index (χ3n) is 3.19. The third kappa shape index (κ3) is 1.69. The number of methoxy groups -OCH3 is 1. The van der Waals surface area contributed by atoms with Crippen molar-refractivity contribution in [1.29, 1.82) is 0 Å². The Morgan fingerprint density at radius 2 is 1.55 bits per heavy atom. The number of ether oxygens (including phenoxy) is 1. The van der Waals surface area contributed by atoms with Gasteiger partial charge in [-0.3, -0.25) is 9.59 Å². The number of para-hydroxylation sites is 1. The molecular weight excluding hydrogens is 278 g/mol. The van der Waals surface area contributed by atoms with Gasteiger partial charge in [0.15, 0.2) is 5.75 Å². The van der Waals surface area contributed by atoms with Gasteiger partial charge in [0, 0.05) is 0 Å². The Labute approximate surface area is 120 Å². The molecule has 2 amide bonds. The highest BCUT2D eigenvalue weighted by Gasteiger charge is 2.37. The van der Waals surface area contributed by atoms with Crippen molar-refractivity contribution in [2.45, 2.75) is 0 Å². The van der Waals surface area contributed by atoms with E-state index in [0.717, 1.165) is 4.90 Å². The molecule has 0 atom stereocenters. The SMILES string of the molecule is COc1c(Cl)cccc1N1C(=O)c2ccccc2C1=O. The highest BCUT2D eigenvalue weighted by Crippen LogP contribution is 2.38. The monoisotopic (exact) mass is 287 g/mol. The van der Waals surface area contributed by atoms with E-state index in [1.165, 1.54) is 7.11 Å². The fourth-order valence-corrected chi connectivity index (χ4v) is 2.53. The molecule has 1 aliphatic rings. The Morgan fingerprint density at radius 3 is 2.10 bits per heavy atom. The number of rotatable bonds is 2. The zero-order chi connectivity index (χ0) is 14.3. The maximum Gasteiger partial charge on any atom is 0.266 e. The molecule has 0 bridgehead atoms. The first-order valence-corrected chi connectivity index (χ1v) is 6.33. The minimum Gasteiger partial charge on any atom is -0.493 e. The summed E-state index contributed by atoms with van der Waals surface area (Å²) in [6.07, 6.45) is 0. The summed E-state index contributed by atoms with van der Waals surface area (Å²) in [6.45, 7) is 0. The van der Waals surface area contributed by atoms with E-state index >= 15 is 0 Å². The van der Waals surface area contributed by atoms with Crippen LogP contribution in [0.3, 0.4) is 0 Å². The lowest BCUT2D eigenvalue weighted by Gasteiger charge is -2.17. The van der Waals surface area contributed by atoms with Gasteiger partial charge in [-0.25, -0.2) is 4.90 Å². The number of halogens is 1. The molecule has 0 unspecified atom stereocenters. The molecule has 4 nitrogen and oxygen atoms in total. The highest BCUT2D eigenvalue weighted by molar-refractivity contribution is 6.36. The summed E-state index contributed by atoms with van der Waals surface area (Å²) in [5.74, 6) is -0.430. The second kappa shape index (κ2) is 4.65. The number of carbonyl (C=O) groups is 2.